The molecule has 0 saturated carbocycles. The second-order valence-corrected chi connectivity index (χ2v) is 4.84. The van der Waals surface area contributed by atoms with Gasteiger partial charge in [0, 0.05) is 17.7 Å². The van der Waals surface area contributed by atoms with E-state index in [1.807, 2.05) is 24.5 Å². The molecule has 17 heavy (non-hydrogen) atoms. The molecule has 0 fully saturated rings. The topological polar surface area (TPSA) is 26.3 Å². The Morgan fingerprint density at radius 1 is 1.41 bits per heavy atom. The number of benzene rings is 1. The van der Waals surface area contributed by atoms with Crippen LogP contribution in [0.2, 0.25) is 0 Å². The van der Waals surface area contributed by atoms with Crippen molar-refractivity contribution >= 4 is 17.5 Å². The molecule has 0 aliphatic rings. The Hall–Kier alpha value is -0.960. The maximum Gasteiger partial charge on any atom is 0.137 e. The molecule has 1 aromatic carbocycles. The molecule has 0 N–H and O–H groups in total. The number of unbranched alkanes of at least 4 members (excludes halogenated alkanes) is 1. The van der Waals surface area contributed by atoms with Crippen LogP contribution in [0.1, 0.15) is 31.7 Å². The summed E-state index contributed by atoms with van der Waals surface area (Å²) >= 11 is 1.67. The lowest BCUT2D eigenvalue weighted by Crippen LogP contribution is -2.03. The molecule has 0 saturated heterocycles. The van der Waals surface area contributed by atoms with Crippen LogP contribution >= 0.6 is 11.8 Å². The molecule has 1 rings (SSSR count). The highest BCUT2D eigenvalue weighted by Crippen LogP contribution is 2.25. The second kappa shape index (κ2) is 7.38. The van der Waals surface area contributed by atoms with E-state index in [0.29, 0.717) is 18.6 Å². The summed E-state index contributed by atoms with van der Waals surface area (Å²) in [4.78, 5) is 13.0. The van der Waals surface area contributed by atoms with Crippen LogP contribution in [-0.4, -0.2) is 19.1 Å². The second-order valence-electron chi connectivity index (χ2n) is 4.00. The van der Waals surface area contributed by atoms with E-state index < -0.39 is 0 Å². The van der Waals surface area contributed by atoms with E-state index in [2.05, 4.69) is 6.92 Å². The summed E-state index contributed by atoms with van der Waals surface area (Å²) in [6.07, 6.45) is 5.29. The number of ketones is 1. The predicted molar refractivity (Wildman–Crippen MR) is 73.0 cm³/mol. The third-order valence-corrected chi connectivity index (χ3v) is 3.52. The molecular formula is C14H20O2S. The maximum absolute atomic E-state index is 11.8. The van der Waals surface area contributed by atoms with Crippen LogP contribution in [0.4, 0.5) is 0 Å². The number of hydrogen-bond acceptors (Lipinski definition) is 3. The van der Waals surface area contributed by atoms with Gasteiger partial charge in [-0.3, -0.25) is 4.79 Å². The van der Waals surface area contributed by atoms with Crippen LogP contribution in [0.25, 0.3) is 0 Å². The molecule has 0 aromatic heterocycles. The minimum absolute atomic E-state index is 0.315. The lowest BCUT2D eigenvalue weighted by atomic mass is 10.0. The fourth-order valence-electron chi connectivity index (χ4n) is 1.69. The smallest absolute Gasteiger partial charge is 0.137 e. The largest absolute Gasteiger partial charge is 0.497 e. The van der Waals surface area contributed by atoms with Gasteiger partial charge in [-0.15, -0.1) is 11.8 Å². The van der Waals surface area contributed by atoms with Gasteiger partial charge in [0.2, 0.25) is 0 Å². The number of methoxy groups -OCH3 is 1. The minimum Gasteiger partial charge on any atom is -0.497 e. The van der Waals surface area contributed by atoms with Crippen LogP contribution in [-0.2, 0) is 11.2 Å². The van der Waals surface area contributed by atoms with E-state index in [9.17, 15) is 4.79 Å². The van der Waals surface area contributed by atoms with Gasteiger partial charge in [-0.2, -0.15) is 0 Å². The fraction of sp³-hybridized carbons (Fsp3) is 0.500. The van der Waals surface area contributed by atoms with Gasteiger partial charge in [0.1, 0.15) is 11.5 Å². The number of thioether (sulfide) groups is 1. The zero-order valence-electron chi connectivity index (χ0n) is 10.8. The van der Waals surface area contributed by atoms with Crippen molar-refractivity contribution < 1.29 is 9.53 Å². The molecule has 3 heteroatoms. The Balaban J connectivity index is 2.76. The van der Waals surface area contributed by atoms with E-state index in [0.717, 1.165) is 29.1 Å². The van der Waals surface area contributed by atoms with E-state index in [1.54, 1.807) is 18.9 Å². The zero-order chi connectivity index (χ0) is 12.7. The predicted octanol–water partition coefficient (Wildman–Crippen LogP) is 3.72. The molecule has 0 atom stereocenters. The SMILES string of the molecule is CCCCC(=O)Cc1cc(OC)ccc1SC. The average molecular weight is 252 g/mol. The summed E-state index contributed by atoms with van der Waals surface area (Å²) in [7, 11) is 1.65. The summed E-state index contributed by atoms with van der Waals surface area (Å²) in [5, 5.41) is 0. The van der Waals surface area contributed by atoms with Crippen LogP contribution < -0.4 is 4.74 Å². The highest BCUT2D eigenvalue weighted by molar-refractivity contribution is 7.98. The molecule has 0 heterocycles. The number of ether oxygens (including phenoxy) is 1. The summed E-state index contributed by atoms with van der Waals surface area (Å²) in [5.74, 6) is 1.14. The van der Waals surface area contributed by atoms with E-state index in [1.165, 1.54) is 0 Å². The standard InChI is InChI=1S/C14H20O2S/c1-4-5-6-12(15)9-11-10-13(16-2)7-8-14(11)17-3/h7-8,10H,4-6,9H2,1-3H3. The van der Waals surface area contributed by atoms with Gasteiger partial charge in [0.15, 0.2) is 0 Å². The Kier molecular flexibility index (Phi) is 6.12. The van der Waals surface area contributed by atoms with Crippen molar-refractivity contribution in [3.63, 3.8) is 0 Å². The van der Waals surface area contributed by atoms with Crippen LogP contribution in [0.15, 0.2) is 23.1 Å². The number of carbonyl (C=O) groups excluding carboxylic acids is 1. The number of hydrogen-bond donors (Lipinski definition) is 0. The van der Waals surface area contributed by atoms with Crippen LogP contribution in [0, 0.1) is 0 Å². The molecule has 0 aliphatic carbocycles. The Bertz CT molecular complexity index is 374. The van der Waals surface area contributed by atoms with Crippen molar-refractivity contribution in [3.05, 3.63) is 23.8 Å². The third-order valence-electron chi connectivity index (χ3n) is 2.68. The average Bonchev–Trinajstić information content (AvgIpc) is 2.36. The Morgan fingerprint density at radius 3 is 2.76 bits per heavy atom. The monoisotopic (exact) mass is 252 g/mol. The molecule has 0 aliphatic heterocycles. The number of carbonyl (C=O) groups is 1. The zero-order valence-corrected chi connectivity index (χ0v) is 11.6. The van der Waals surface area contributed by atoms with E-state index >= 15 is 0 Å². The quantitative estimate of drug-likeness (QED) is 0.692. The lowest BCUT2D eigenvalue weighted by Gasteiger charge is -2.09. The fourth-order valence-corrected chi connectivity index (χ4v) is 2.29. The summed E-state index contributed by atoms with van der Waals surface area (Å²) in [5.41, 5.74) is 1.08. The van der Waals surface area contributed by atoms with E-state index in [4.69, 9.17) is 4.74 Å². The first-order valence-corrected chi connectivity index (χ1v) is 7.16. The van der Waals surface area contributed by atoms with Gasteiger partial charge in [0.05, 0.1) is 7.11 Å². The van der Waals surface area contributed by atoms with Gasteiger partial charge in [0.25, 0.3) is 0 Å². The van der Waals surface area contributed by atoms with Gasteiger partial charge in [-0.05, 0) is 36.4 Å². The van der Waals surface area contributed by atoms with Crippen molar-refractivity contribution in [1.29, 1.82) is 0 Å². The molecular weight excluding hydrogens is 232 g/mol. The molecule has 94 valence electrons. The van der Waals surface area contributed by atoms with E-state index in [-0.39, 0.29) is 0 Å². The normalized spacial score (nSPS) is 10.3. The molecule has 2 nitrogen and oxygen atoms in total. The first-order chi connectivity index (χ1) is 8.21. The highest BCUT2D eigenvalue weighted by atomic mass is 32.2. The Labute approximate surface area is 108 Å². The van der Waals surface area contributed by atoms with Crippen LogP contribution in [0.5, 0.6) is 5.75 Å². The van der Waals surface area contributed by atoms with Gasteiger partial charge in [-0.25, -0.2) is 0 Å². The maximum atomic E-state index is 11.8. The first-order valence-electron chi connectivity index (χ1n) is 5.93. The van der Waals surface area contributed by atoms with Crippen molar-refractivity contribution in [2.24, 2.45) is 0 Å². The molecule has 0 unspecified atom stereocenters. The molecule has 0 spiro atoms. The van der Waals surface area contributed by atoms with Crippen molar-refractivity contribution in [2.45, 2.75) is 37.5 Å². The minimum atomic E-state index is 0.315. The highest BCUT2D eigenvalue weighted by Gasteiger charge is 2.08. The Morgan fingerprint density at radius 2 is 2.18 bits per heavy atom. The van der Waals surface area contributed by atoms with Crippen molar-refractivity contribution in [1.82, 2.24) is 0 Å². The third kappa shape index (κ3) is 4.43. The first kappa shape index (κ1) is 14.1. The number of Topliss-reactive ketones (excluding diaryl/α,β-unsaturated/α-hetero) is 1. The van der Waals surface area contributed by atoms with Gasteiger partial charge < -0.3 is 4.74 Å². The summed E-state index contributed by atoms with van der Waals surface area (Å²) < 4.78 is 5.20. The molecule has 0 bridgehead atoms. The molecule has 0 radical (unpaired) electrons. The van der Waals surface area contributed by atoms with Gasteiger partial charge >= 0.3 is 0 Å². The van der Waals surface area contributed by atoms with Gasteiger partial charge in [-0.1, -0.05) is 13.3 Å². The molecule has 0 amide bonds. The van der Waals surface area contributed by atoms with Crippen LogP contribution in [0.3, 0.4) is 0 Å². The lowest BCUT2D eigenvalue weighted by molar-refractivity contribution is -0.118. The molecule has 1 aromatic rings. The van der Waals surface area contributed by atoms with Crippen molar-refractivity contribution in [2.75, 3.05) is 13.4 Å². The summed E-state index contributed by atoms with van der Waals surface area (Å²) in [6, 6.07) is 5.92. The number of rotatable bonds is 7. The van der Waals surface area contributed by atoms with Crippen molar-refractivity contribution in [3.8, 4) is 5.75 Å². The summed E-state index contributed by atoms with van der Waals surface area (Å²) in [6.45, 7) is 2.10.